The summed E-state index contributed by atoms with van der Waals surface area (Å²) in [4.78, 5) is 23.8. The number of hydrogen-bond acceptors (Lipinski definition) is 4. The maximum atomic E-state index is 12.3. The first-order valence-electron chi connectivity index (χ1n) is 8.06. The zero-order valence-electron chi connectivity index (χ0n) is 14.6. The predicted octanol–water partition coefficient (Wildman–Crippen LogP) is 2.18. The van der Waals surface area contributed by atoms with Crippen LogP contribution >= 0.6 is 0 Å². The summed E-state index contributed by atoms with van der Waals surface area (Å²) in [7, 11) is 1.81. The van der Waals surface area contributed by atoms with Crippen LogP contribution < -0.4 is 10.9 Å². The summed E-state index contributed by atoms with van der Waals surface area (Å²) < 4.78 is 1.84. The first kappa shape index (κ1) is 16.4. The molecule has 0 aliphatic heterocycles. The lowest BCUT2D eigenvalue weighted by Crippen LogP contribution is -2.18. The highest BCUT2D eigenvalue weighted by Crippen LogP contribution is 2.22. The van der Waals surface area contributed by atoms with Crippen LogP contribution in [0, 0.1) is 0 Å². The highest BCUT2D eigenvalue weighted by atomic mass is 16.1. The Morgan fingerprint density at radius 3 is 2.54 bits per heavy atom. The molecule has 3 aromatic rings. The van der Waals surface area contributed by atoms with Crippen molar-refractivity contribution < 1.29 is 0 Å². The van der Waals surface area contributed by atoms with E-state index in [1.807, 2.05) is 11.6 Å². The molecular formula is C18H23N5O. The van der Waals surface area contributed by atoms with Crippen molar-refractivity contribution in [3.05, 3.63) is 57.9 Å². The molecule has 2 heterocycles. The van der Waals surface area contributed by atoms with Gasteiger partial charge in [-0.3, -0.25) is 4.79 Å². The molecule has 0 saturated carbocycles. The van der Waals surface area contributed by atoms with Gasteiger partial charge in [0.15, 0.2) is 11.2 Å². The molecule has 6 heteroatoms. The van der Waals surface area contributed by atoms with Crippen molar-refractivity contribution in [2.24, 2.45) is 0 Å². The van der Waals surface area contributed by atoms with Crippen molar-refractivity contribution in [3.63, 3.8) is 0 Å². The van der Waals surface area contributed by atoms with Crippen LogP contribution in [0.4, 0.5) is 0 Å². The summed E-state index contributed by atoms with van der Waals surface area (Å²) in [5.41, 5.74) is 3.38. The number of aromatic nitrogens is 4. The number of hydrogen-bond donors (Lipinski definition) is 2. The quantitative estimate of drug-likeness (QED) is 0.771. The van der Waals surface area contributed by atoms with E-state index in [1.165, 1.54) is 5.56 Å². The summed E-state index contributed by atoms with van der Waals surface area (Å²) >= 11 is 0. The van der Waals surface area contributed by atoms with Crippen LogP contribution in [-0.2, 0) is 18.5 Å². The molecule has 0 aliphatic carbocycles. The van der Waals surface area contributed by atoms with Gasteiger partial charge in [-0.25, -0.2) is 9.97 Å². The monoisotopic (exact) mass is 325 g/mol. The van der Waals surface area contributed by atoms with Crippen LogP contribution in [-0.4, -0.2) is 26.6 Å². The lowest BCUT2D eigenvalue weighted by molar-refractivity contribution is 0.590. The zero-order valence-corrected chi connectivity index (χ0v) is 14.6. The van der Waals surface area contributed by atoms with E-state index in [0.717, 1.165) is 5.56 Å². The second kappa shape index (κ2) is 6.20. The van der Waals surface area contributed by atoms with E-state index in [9.17, 15) is 4.79 Å². The average Bonchev–Trinajstić information content (AvgIpc) is 2.90. The van der Waals surface area contributed by atoms with E-state index in [2.05, 4.69) is 65.3 Å². The normalized spacial score (nSPS) is 12.0. The molecule has 0 unspecified atom stereocenters. The first-order valence-corrected chi connectivity index (χ1v) is 8.06. The summed E-state index contributed by atoms with van der Waals surface area (Å²) in [6.07, 6.45) is 1.67. The van der Waals surface area contributed by atoms with Gasteiger partial charge in [-0.2, -0.15) is 0 Å². The van der Waals surface area contributed by atoms with Gasteiger partial charge in [-0.15, -0.1) is 0 Å². The number of nitrogens with zero attached hydrogens (tertiary/aromatic N) is 3. The van der Waals surface area contributed by atoms with E-state index >= 15 is 0 Å². The third-order valence-corrected chi connectivity index (χ3v) is 4.05. The predicted molar refractivity (Wildman–Crippen MR) is 95.2 cm³/mol. The Morgan fingerprint density at radius 1 is 1.21 bits per heavy atom. The molecule has 0 spiro atoms. The van der Waals surface area contributed by atoms with E-state index in [-0.39, 0.29) is 11.0 Å². The minimum absolute atomic E-state index is 0.130. The second-order valence-electron chi connectivity index (χ2n) is 7.03. The van der Waals surface area contributed by atoms with Gasteiger partial charge in [0.2, 0.25) is 0 Å². The van der Waals surface area contributed by atoms with Crippen molar-refractivity contribution in [2.45, 2.75) is 39.3 Å². The third-order valence-electron chi connectivity index (χ3n) is 4.05. The molecule has 2 aromatic heterocycles. The fourth-order valence-corrected chi connectivity index (χ4v) is 2.71. The molecule has 0 bridgehead atoms. The number of imidazole rings is 1. The molecular weight excluding hydrogens is 302 g/mol. The number of H-pyrrole nitrogens is 1. The minimum Gasteiger partial charge on any atom is -0.320 e. The summed E-state index contributed by atoms with van der Waals surface area (Å²) in [6, 6.07) is 8.48. The summed E-state index contributed by atoms with van der Waals surface area (Å²) in [6.45, 7) is 7.68. The van der Waals surface area contributed by atoms with Gasteiger partial charge in [0.05, 0.1) is 12.9 Å². The highest BCUT2D eigenvalue weighted by Gasteiger charge is 2.14. The molecule has 126 valence electrons. The number of rotatable bonds is 4. The van der Waals surface area contributed by atoms with E-state index in [4.69, 9.17) is 0 Å². The number of nitrogens with one attached hydrogen (secondary N) is 2. The molecule has 0 atom stereocenters. The van der Waals surface area contributed by atoms with Gasteiger partial charge in [0.25, 0.3) is 5.56 Å². The van der Waals surface area contributed by atoms with Gasteiger partial charge >= 0.3 is 0 Å². The largest absolute Gasteiger partial charge is 0.320 e. The molecule has 2 N–H and O–H groups in total. The molecule has 0 fully saturated rings. The van der Waals surface area contributed by atoms with Gasteiger partial charge in [0, 0.05) is 6.54 Å². The Kier molecular flexibility index (Phi) is 4.24. The Hall–Kier alpha value is -2.47. The van der Waals surface area contributed by atoms with Crippen molar-refractivity contribution in [1.29, 1.82) is 0 Å². The van der Waals surface area contributed by atoms with Crippen LogP contribution in [0.3, 0.4) is 0 Å². The van der Waals surface area contributed by atoms with Crippen LogP contribution in [0.2, 0.25) is 0 Å². The van der Waals surface area contributed by atoms with Crippen LogP contribution in [0.25, 0.3) is 11.2 Å². The molecule has 24 heavy (non-hydrogen) atoms. The van der Waals surface area contributed by atoms with Crippen LogP contribution in [0.15, 0.2) is 35.4 Å². The molecule has 3 rings (SSSR count). The smallest absolute Gasteiger partial charge is 0.277 e. The van der Waals surface area contributed by atoms with Gasteiger partial charge < -0.3 is 14.9 Å². The van der Waals surface area contributed by atoms with Gasteiger partial charge in [-0.1, -0.05) is 45.0 Å². The molecule has 1 aromatic carbocycles. The van der Waals surface area contributed by atoms with Crippen molar-refractivity contribution >= 4 is 11.2 Å². The topological polar surface area (TPSA) is 75.6 Å². The van der Waals surface area contributed by atoms with Crippen molar-refractivity contribution in [1.82, 2.24) is 24.8 Å². The average molecular weight is 325 g/mol. The Bertz CT molecular complexity index is 900. The van der Waals surface area contributed by atoms with E-state index in [1.54, 1.807) is 6.33 Å². The molecule has 0 saturated heterocycles. The SMILES string of the molecule is CNCc1nc2ncn(Cc3ccc(C(C)(C)C)cc3)c2c(=O)[nH]1. The third kappa shape index (κ3) is 3.23. The Morgan fingerprint density at radius 2 is 1.92 bits per heavy atom. The molecule has 0 aliphatic rings. The number of aromatic amines is 1. The summed E-state index contributed by atoms with van der Waals surface area (Å²) in [5, 5.41) is 2.97. The molecule has 0 radical (unpaired) electrons. The summed E-state index contributed by atoms with van der Waals surface area (Å²) in [5.74, 6) is 0.592. The molecule has 0 amide bonds. The first-order chi connectivity index (χ1) is 11.4. The second-order valence-corrected chi connectivity index (χ2v) is 7.03. The van der Waals surface area contributed by atoms with Crippen LogP contribution in [0.5, 0.6) is 0 Å². The number of benzene rings is 1. The van der Waals surface area contributed by atoms with Crippen LogP contribution in [0.1, 0.15) is 37.7 Å². The lowest BCUT2D eigenvalue weighted by Gasteiger charge is -2.19. The van der Waals surface area contributed by atoms with Gasteiger partial charge in [0.1, 0.15) is 5.82 Å². The van der Waals surface area contributed by atoms with E-state index < -0.39 is 0 Å². The fraction of sp³-hybridized carbons (Fsp3) is 0.389. The van der Waals surface area contributed by atoms with E-state index in [0.29, 0.717) is 30.1 Å². The fourth-order valence-electron chi connectivity index (χ4n) is 2.71. The zero-order chi connectivity index (χ0) is 17.3. The number of fused-ring (bicyclic) bond motifs is 1. The lowest BCUT2D eigenvalue weighted by atomic mass is 9.87. The standard InChI is InChI=1S/C18H23N5O/c1-18(2,3)13-7-5-12(6-8-13)10-23-11-20-16-15(23)17(24)22-14(21-16)9-19-4/h5-8,11,19H,9-10H2,1-4H3,(H,21,22,24). The highest BCUT2D eigenvalue weighted by molar-refractivity contribution is 5.69. The maximum Gasteiger partial charge on any atom is 0.277 e. The molecule has 6 nitrogen and oxygen atoms in total. The Balaban J connectivity index is 1.92. The van der Waals surface area contributed by atoms with Crippen molar-refractivity contribution in [2.75, 3.05) is 7.05 Å². The van der Waals surface area contributed by atoms with Crippen molar-refractivity contribution in [3.8, 4) is 0 Å². The van der Waals surface area contributed by atoms with Gasteiger partial charge in [-0.05, 0) is 23.6 Å². The maximum absolute atomic E-state index is 12.3. The minimum atomic E-state index is -0.158. The Labute approximate surface area is 141 Å².